The zero-order chi connectivity index (χ0) is 14.7. The van der Waals surface area contributed by atoms with Gasteiger partial charge in [-0.15, -0.1) is 0 Å². The molecule has 5 heteroatoms. The first-order valence-electron chi connectivity index (χ1n) is 6.37. The van der Waals surface area contributed by atoms with Gasteiger partial charge in [0, 0.05) is 16.7 Å². The summed E-state index contributed by atoms with van der Waals surface area (Å²) < 4.78 is 25.3. The number of ketones is 1. The van der Waals surface area contributed by atoms with Gasteiger partial charge in [-0.3, -0.25) is 9.52 Å². The SMILES string of the molecule is CCC(C)(C)C(=O)c1ccc(NS(=O)(=O)CC)cc1. The van der Waals surface area contributed by atoms with E-state index in [0.29, 0.717) is 11.3 Å². The molecule has 0 aliphatic carbocycles. The summed E-state index contributed by atoms with van der Waals surface area (Å²) in [6.45, 7) is 7.36. The van der Waals surface area contributed by atoms with E-state index in [1.807, 2.05) is 20.8 Å². The smallest absolute Gasteiger partial charge is 0.232 e. The van der Waals surface area contributed by atoms with Crippen LogP contribution in [-0.4, -0.2) is 20.0 Å². The van der Waals surface area contributed by atoms with Crippen LogP contribution in [0.5, 0.6) is 0 Å². The maximum absolute atomic E-state index is 12.2. The van der Waals surface area contributed by atoms with Gasteiger partial charge in [0.25, 0.3) is 0 Å². The molecule has 1 aromatic carbocycles. The Kier molecular flexibility index (Phi) is 4.74. The Morgan fingerprint density at radius 1 is 1.16 bits per heavy atom. The van der Waals surface area contributed by atoms with Gasteiger partial charge in [-0.2, -0.15) is 0 Å². The summed E-state index contributed by atoms with van der Waals surface area (Å²) in [6, 6.07) is 6.55. The molecule has 0 aliphatic rings. The predicted octanol–water partition coefficient (Wildman–Crippen LogP) is 3.07. The topological polar surface area (TPSA) is 63.2 Å². The number of carbonyl (C=O) groups excluding carboxylic acids is 1. The van der Waals surface area contributed by atoms with Gasteiger partial charge in [-0.05, 0) is 37.6 Å². The first-order valence-corrected chi connectivity index (χ1v) is 8.02. The van der Waals surface area contributed by atoms with Crippen molar-refractivity contribution in [2.45, 2.75) is 34.1 Å². The van der Waals surface area contributed by atoms with E-state index in [-0.39, 0.29) is 11.5 Å². The first kappa shape index (κ1) is 15.7. The molecule has 0 aromatic heterocycles. The van der Waals surface area contributed by atoms with Gasteiger partial charge >= 0.3 is 0 Å². The third kappa shape index (κ3) is 4.06. The third-order valence-corrected chi connectivity index (χ3v) is 4.61. The van der Waals surface area contributed by atoms with Crippen molar-refractivity contribution in [3.05, 3.63) is 29.8 Å². The van der Waals surface area contributed by atoms with Gasteiger partial charge in [0.2, 0.25) is 10.0 Å². The summed E-state index contributed by atoms with van der Waals surface area (Å²) in [5.41, 5.74) is 0.684. The second-order valence-electron chi connectivity index (χ2n) is 5.15. The van der Waals surface area contributed by atoms with E-state index >= 15 is 0 Å². The van der Waals surface area contributed by atoms with Crippen LogP contribution in [-0.2, 0) is 10.0 Å². The third-order valence-electron chi connectivity index (χ3n) is 3.30. The zero-order valence-electron chi connectivity index (χ0n) is 11.9. The highest BCUT2D eigenvalue weighted by molar-refractivity contribution is 7.92. The van der Waals surface area contributed by atoms with E-state index in [4.69, 9.17) is 0 Å². The lowest BCUT2D eigenvalue weighted by atomic mass is 9.82. The van der Waals surface area contributed by atoms with Gasteiger partial charge in [0.15, 0.2) is 5.78 Å². The summed E-state index contributed by atoms with van der Waals surface area (Å²) in [5, 5.41) is 0. The largest absolute Gasteiger partial charge is 0.294 e. The number of carbonyl (C=O) groups is 1. The van der Waals surface area contributed by atoms with Crippen LogP contribution in [0.4, 0.5) is 5.69 Å². The number of Topliss-reactive ketones (excluding diaryl/α,β-unsaturated/α-hetero) is 1. The highest BCUT2D eigenvalue weighted by Gasteiger charge is 2.26. The molecule has 0 unspecified atom stereocenters. The minimum atomic E-state index is -3.27. The average molecular weight is 283 g/mol. The van der Waals surface area contributed by atoms with Crippen molar-refractivity contribution in [3.63, 3.8) is 0 Å². The van der Waals surface area contributed by atoms with Crippen LogP contribution < -0.4 is 4.72 Å². The molecule has 0 saturated heterocycles. The molecular weight excluding hydrogens is 262 g/mol. The molecule has 1 rings (SSSR count). The van der Waals surface area contributed by atoms with E-state index < -0.39 is 15.4 Å². The minimum Gasteiger partial charge on any atom is -0.294 e. The Morgan fingerprint density at radius 3 is 2.11 bits per heavy atom. The fourth-order valence-corrected chi connectivity index (χ4v) is 2.13. The van der Waals surface area contributed by atoms with Crippen molar-refractivity contribution >= 4 is 21.5 Å². The molecule has 4 nitrogen and oxygen atoms in total. The summed E-state index contributed by atoms with van der Waals surface area (Å²) >= 11 is 0. The van der Waals surface area contributed by atoms with E-state index in [1.54, 1.807) is 31.2 Å². The Morgan fingerprint density at radius 2 is 1.68 bits per heavy atom. The van der Waals surface area contributed by atoms with Crippen molar-refractivity contribution in [2.24, 2.45) is 5.41 Å². The molecule has 0 radical (unpaired) electrons. The predicted molar refractivity (Wildman–Crippen MR) is 77.9 cm³/mol. The fraction of sp³-hybridized carbons (Fsp3) is 0.500. The Balaban J connectivity index is 2.92. The first-order chi connectivity index (χ1) is 8.72. The standard InChI is InChI=1S/C14H21NO3S/c1-5-14(3,4)13(16)11-7-9-12(10-8-11)15-19(17,18)6-2/h7-10,15H,5-6H2,1-4H3. The summed E-state index contributed by atoms with van der Waals surface area (Å²) in [5.74, 6) is 0.0937. The van der Waals surface area contributed by atoms with Crippen LogP contribution >= 0.6 is 0 Å². The number of anilines is 1. The van der Waals surface area contributed by atoms with Gasteiger partial charge in [0.1, 0.15) is 0 Å². The number of hydrogen-bond acceptors (Lipinski definition) is 3. The molecule has 0 atom stereocenters. The van der Waals surface area contributed by atoms with Crippen LogP contribution in [0.3, 0.4) is 0 Å². The quantitative estimate of drug-likeness (QED) is 0.816. The fourth-order valence-electron chi connectivity index (χ4n) is 1.49. The molecule has 19 heavy (non-hydrogen) atoms. The van der Waals surface area contributed by atoms with Gasteiger partial charge in [-0.25, -0.2) is 8.42 Å². The van der Waals surface area contributed by atoms with Gasteiger partial charge < -0.3 is 0 Å². The number of benzene rings is 1. The summed E-state index contributed by atoms with van der Waals surface area (Å²) in [7, 11) is -3.27. The molecule has 0 saturated carbocycles. The van der Waals surface area contributed by atoms with E-state index in [2.05, 4.69) is 4.72 Å². The zero-order valence-corrected chi connectivity index (χ0v) is 12.7. The molecular formula is C14H21NO3S. The number of hydrogen-bond donors (Lipinski definition) is 1. The second-order valence-corrected chi connectivity index (χ2v) is 7.16. The van der Waals surface area contributed by atoms with Crippen molar-refractivity contribution in [3.8, 4) is 0 Å². The molecule has 0 aliphatic heterocycles. The van der Waals surface area contributed by atoms with Crippen molar-refractivity contribution in [2.75, 3.05) is 10.5 Å². The molecule has 1 N–H and O–H groups in total. The Hall–Kier alpha value is -1.36. The van der Waals surface area contributed by atoms with Crippen LogP contribution in [0.2, 0.25) is 0 Å². The molecule has 0 spiro atoms. The highest BCUT2D eigenvalue weighted by atomic mass is 32.2. The molecule has 106 valence electrons. The molecule has 1 aromatic rings. The van der Waals surface area contributed by atoms with Crippen LogP contribution in [0.1, 0.15) is 44.5 Å². The normalized spacial score (nSPS) is 12.2. The number of rotatable bonds is 6. The van der Waals surface area contributed by atoms with Crippen LogP contribution in [0, 0.1) is 5.41 Å². The van der Waals surface area contributed by atoms with Crippen LogP contribution in [0.25, 0.3) is 0 Å². The maximum atomic E-state index is 12.2. The monoisotopic (exact) mass is 283 g/mol. The number of nitrogens with one attached hydrogen (secondary N) is 1. The van der Waals surface area contributed by atoms with E-state index in [1.165, 1.54) is 0 Å². The lowest BCUT2D eigenvalue weighted by molar-refractivity contribution is 0.0833. The van der Waals surface area contributed by atoms with Crippen molar-refractivity contribution in [1.82, 2.24) is 0 Å². The second kappa shape index (κ2) is 5.74. The minimum absolute atomic E-state index is 0.0244. The maximum Gasteiger partial charge on any atom is 0.232 e. The molecule has 0 bridgehead atoms. The molecule has 0 fully saturated rings. The van der Waals surface area contributed by atoms with Gasteiger partial charge in [0.05, 0.1) is 5.75 Å². The average Bonchev–Trinajstić information content (AvgIpc) is 2.38. The molecule has 0 amide bonds. The van der Waals surface area contributed by atoms with Crippen LogP contribution in [0.15, 0.2) is 24.3 Å². The number of sulfonamides is 1. The lowest BCUT2D eigenvalue weighted by Crippen LogP contribution is -2.23. The van der Waals surface area contributed by atoms with Crippen molar-refractivity contribution in [1.29, 1.82) is 0 Å². The Labute approximate surface area is 115 Å². The molecule has 0 heterocycles. The van der Waals surface area contributed by atoms with Crippen molar-refractivity contribution < 1.29 is 13.2 Å². The lowest BCUT2D eigenvalue weighted by Gasteiger charge is -2.20. The Bertz CT molecular complexity index is 545. The summed E-state index contributed by atoms with van der Waals surface area (Å²) in [6.07, 6.45) is 0.760. The van der Waals surface area contributed by atoms with E-state index in [9.17, 15) is 13.2 Å². The van der Waals surface area contributed by atoms with E-state index in [0.717, 1.165) is 6.42 Å². The van der Waals surface area contributed by atoms with Gasteiger partial charge in [-0.1, -0.05) is 20.8 Å². The summed E-state index contributed by atoms with van der Waals surface area (Å²) in [4.78, 5) is 12.2. The highest BCUT2D eigenvalue weighted by Crippen LogP contribution is 2.26.